The number of hydrogen-bond donors (Lipinski definition) is 1. The van der Waals surface area contributed by atoms with Gasteiger partial charge in [0.2, 0.25) is 0 Å². The third-order valence-electron chi connectivity index (χ3n) is 4.11. The minimum atomic E-state index is 0.214. The maximum atomic E-state index is 8.92. The Morgan fingerprint density at radius 3 is 2.63 bits per heavy atom. The number of rotatable bonds is 3. The van der Waals surface area contributed by atoms with Gasteiger partial charge in [-0.2, -0.15) is 5.26 Å². The van der Waals surface area contributed by atoms with Crippen LogP contribution in [0.5, 0.6) is 0 Å². The van der Waals surface area contributed by atoms with Gasteiger partial charge in [0.05, 0.1) is 6.07 Å². The van der Waals surface area contributed by atoms with E-state index in [0.717, 1.165) is 37.6 Å². The highest BCUT2D eigenvalue weighted by molar-refractivity contribution is 5.49. The molecule has 1 aromatic rings. The van der Waals surface area contributed by atoms with Crippen LogP contribution in [-0.2, 0) is 0 Å². The van der Waals surface area contributed by atoms with Crippen LogP contribution in [0.4, 0.5) is 11.6 Å². The molecule has 0 aromatic carbocycles. The summed E-state index contributed by atoms with van der Waals surface area (Å²) in [6.45, 7) is 1.83. The Morgan fingerprint density at radius 1 is 1.21 bits per heavy atom. The average Bonchev–Trinajstić information content (AvgIpc) is 2.43. The van der Waals surface area contributed by atoms with E-state index >= 15 is 0 Å². The molecule has 1 aromatic heterocycles. The third-order valence-corrected chi connectivity index (χ3v) is 4.11. The average molecular weight is 257 g/mol. The molecule has 2 fully saturated rings. The van der Waals surface area contributed by atoms with Crippen molar-refractivity contribution < 1.29 is 0 Å². The lowest BCUT2D eigenvalue weighted by atomic mass is 9.93. The van der Waals surface area contributed by atoms with Crippen molar-refractivity contribution in [1.29, 1.82) is 5.26 Å². The van der Waals surface area contributed by atoms with Gasteiger partial charge in [0.15, 0.2) is 0 Å². The molecule has 0 atom stereocenters. The second-order valence-electron chi connectivity index (χ2n) is 5.42. The van der Waals surface area contributed by atoms with E-state index in [1.807, 2.05) is 6.07 Å². The summed E-state index contributed by atoms with van der Waals surface area (Å²) in [5.41, 5.74) is 0. The zero-order chi connectivity index (χ0) is 13.1. The van der Waals surface area contributed by atoms with Crippen molar-refractivity contribution in [3.8, 4) is 6.07 Å². The lowest BCUT2D eigenvalue weighted by molar-refractivity contribution is 0.444. The summed E-state index contributed by atoms with van der Waals surface area (Å²) in [7, 11) is 0. The summed E-state index contributed by atoms with van der Waals surface area (Å²) in [6, 6.07) is 4.98. The van der Waals surface area contributed by atoms with E-state index in [-0.39, 0.29) is 5.92 Å². The van der Waals surface area contributed by atoms with E-state index in [0.29, 0.717) is 6.04 Å². The predicted molar refractivity (Wildman–Crippen MR) is 73.8 cm³/mol. The Morgan fingerprint density at radius 2 is 2.00 bits per heavy atom. The van der Waals surface area contributed by atoms with E-state index in [1.54, 1.807) is 6.33 Å². The number of aromatic nitrogens is 2. The van der Waals surface area contributed by atoms with E-state index in [4.69, 9.17) is 5.26 Å². The van der Waals surface area contributed by atoms with E-state index in [9.17, 15) is 0 Å². The van der Waals surface area contributed by atoms with Crippen LogP contribution in [0.1, 0.15) is 32.1 Å². The number of piperidine rings is 1. The Labute approximate surface area is 113 Å². The molecule has 1 aliphatic heterocycles. The maximum Gasteiger partial charge on any atom is 0.134 e. The summed E-state index contributed by atoms with van der Waals surface area (Å²) in [6.07, 6.45) is 7.31. The van der Waals surface area contributed by atoms with Crippen LogP contribution in [0.15, 0.2) is 12.4 Å². The van der Waals surface area contributed by atoms with Crippen LogP contribution in [0.3, 0.4) is 0 Å². The molecule has 19 heavy (non-hydrogen) atoms. The first kappa shape index (κ1) is 12.2. The van der Waals surface area contributed by atoms with E-state index < -0.39 is 0 Å². The van der Waals surface area contributed by atoms with Crippen LogP contribution < -0.4 is 10.2 Å². The topological polar surface area (TPSA) is 64.8 Å². The van der Waals surface area contributed by atoms with Crippen molar-refractivity contribution >= 4 is 11.6 Å². The minimum Gasteiger partial charge on any atom is -0.367 e. The first-order chi connectivity index (χ1) is 9.35. The molecule has 1 N–H and O–H groups in total. The summed E-state index contributed by atoms with van der Waals surface area (Å²) in [4.78, 5) is 10.9. The van der Waals surface area contributed by atoms with Crippen molar-refractivity contribution in [1.82, 2.24) is 9.97 Å². The van der Waals surface area contributed by atoms with Crippen molar-refractivity contribution in [3.05, 3.63) is 12.4 Å². The molecule has 0 unspecified atom stereocenters. The fraction of sp³-hybridized carbons (Fsp3) is 0.643. The number of nitrogens with zero attached hydrogens (tertiary/aromatic N) is 4. The van der Waals surface area contributed by atoms with Gasteiger partial charge in [-0.25, -0.2) is 9.97 Å². The standard InChI is InChI=1S/C14H19N5/c15-9-11-4-6-19(7-5-11)14-8-13(16-10-17-14)18-12-2-1-3-12/h8,10-12H,1-7H2,(H,16,17,18). The molecule has 5 heteroatoms. The Bertz CT molecular complexity index is 469. The van der Waals surface area contributed by atoms with Crippen LogP contribution in [-0.4, -0.2) is 29.1 Å². The lowest BCUT2D eigenvalue weighted by Gasteiger charge is -2.31. The molecule has 1 saturated carbocycles. The maximum absolute atomic E-state index is 8.92. The van der Waals surface area contributed by atoms with Crippen LogP contribution in [0, 0.1) is 17.2 Å². The van der Waals surface area contributed by atoms with Crippen molar-refractivity contribution in [2.45, 2.75) is 38.1 Å². The van der Waals surface area contributed by atoms with E-state index in [2.05, 4.69) is 26.3 Å². The second-order valence-corrected chi connectivity index (χ2v) is 5.42. The second kappa shape index (κ2) is 5.43. The summed E-state index contributed by atoms with van der Waals surface area (Å²) >= 11 is 0. The molecule has 1 aliphatic carbocycles. The number of anilines is 2. The first-order valence-corrected chi connectivity index (χ1v) is 7.08. The first-order valence-electron chi connectivity index (χ1n) is 7.08. The van der Waals surface area contributed by atoms with Gasteiger partial charge in [-0.3, -0.25) is 0 Å². The smallest absolute Gasteiger partial charge is 0.134 e. The highest BCUT2D eigenvalue weighted by Gasteiger charge is 2.21. The SMILES string of the molecule is N#CC1CCN(c2cc(NC3CCC3)ncn2)CC1. The molecule has 3 rings (SSSR count). The minimum absolute atomic E-state index is 0.214. The van der Waals surface area contributed by atoms with Gasteiger partial charge in [0.25, 0.3) is 0 Å². The predicted octanol–water partition coefficient (Wildman–Crippen LogP) is 2.18. The highest BCUT2D eigenvalue weighted by Crippen LogP contribution is 2.25. The molecule has 5 nitrogen and oxygen atoms in total. The Hall–Kier alpha value is -1.83. The van der Waals surface area contributed by atoms with Gasteiger partial charge in [-0.05, 0) is 32.1 Å². The molecule has 0 bridgehead atoms. The molecule has 2 aliphatic rings. The van der Waals surface area contributed by atoms with Gasteiger partial charge in [-0.15, -0.1) is 0 Å². The molecule has 1 saturated heterocycles. The molecular formula is C14H19N5. The van der Waals surface area contributed by atoms with Gasteiger partial charge >= 0.3 is 0 Å². The largest absolute Gasteiger partial charge is 0.367 e. The summed E-state index contributed by atoms with van der Waals surface area (Å²) < 4.78 is 0. The Balaban J connectivity index is 1.64. The lowest BCUT2D eigenvalue weighted by Crippen LogP contribution is -2.34. The van der Waals surface area contributed by atoms with Crippen LogP contribution in [0.2, 0.25) is 0 Å². The van der Waals surface area contributed by atoms with Gasteiger partial charge in [-0.1, -0.05) is 0 Å². The van der Waals surface area contributed by atoms with Crippen molar-refractivity contribution in [2.24, 2.45) is 5.92 Å². The fourth-order valence-electron chi connectivity index (χ4n) is 2.60. The zero-order valence-corrected chi connectivity index (χ0v) is 11.0. The Kier molecular flexibility index (Phi) is 3.49. The number of nitriles is 1. The molecule has 0 amide bonds. The van der Waals surface area contributed by atoms with Gasteiger partial charge in [0, 0.05) is 31.1 Å². The fourth-order valence-corrected chi connectivity index (χ4v) is 2.60. The number of nitrogens with one attached hydrogen (secondary N) is 1. The third kappa shape index (κ3) is 2.78. The molecule has 0 radical (unpaired) electrons. The zero-order valence-electron chi connectivity index (χ0n) is 11.0. The summed E-state index contributed by atoms with van der Waals surface area (Å²) in [5, 5.41) is 12.4. The van der Waals surface area contributed by atoms with Crippen molar-refractivity contribution in [2.75, 3.05) is 23.3 Å². The molecule has 100 valence electrons. The molecule has 2 heterocycles. The molecule has 0 spiro atoms. The highest BCUT2D eigenvalue weighted by atomic mass is 15.2. The van der Waals surface area contributed by atoms with E-state index in [1.165, 1.54) is 19.3 Å². The summed E-state index contributed by atoms with van der Waals surface area (Å²) in [5.74, 6) is 2.12. The van der Waals surface area contributed by atoms with Gasteiger partial charge < -0.3 is 10.2 Å². The monoisotopic (exact) mass is 257 g/mol. The number of hydrogen-bond acceptors (Lipinski definition) is 5. The van der Waals surface area contributed by atoms with Gasteiger partial charge in [0.1, 0.15) is 18.0 Å². The van der Waals surface area contributed by atoms with Crippen molar-refractivity contribution in [3.63, 3.8) is 0 Å². The van der Waals surface area contributed by atoms with Crippen LogP contribution in [0.25, 0.3) is 0 Å². The molecular weight excluding hydrogens is 238 g/mol. The quantitative estimate of drug-likeness (QED) is 0.899. The van der Waals surface area contributed by atoms with Crippen LogP contribution >= 0.6 is 0 Å². The normalized spacial score (nSPS) is 20.7.